The van der Waals surface area contributed by atoms with E-state index in [1.807, 2.05) is 13.8 Å². The van der Waals surface area contributed by atoms with Crippen molar-refractivity contribution in [2.24, 2.45) is 0 Å². The second kappa shape index (κ2) is 6.17. The Kier molecular flexibility index (Phi) is 4.84. The molecule has 0 aliphatic carbocycles. The van der Waals surface area contributed by atoms with Crippen LogP contribution in [-0.4, -0.2) is 0 Å². The van der Waals surface area contributed by atoms with Crippen LogP contribution in [0.3, 0.4) is 0 Å². The minimum atomic E-state index is -0.891. The predicted molar refractivity (Wildman–Crippen MR) is 89.0 cm³/mol. The van der Waals surface area contributed by atoms with Gasteiger partial charge in [-0.2, -0.15) is 0 Å². The van der Waals surface area contributed by atoms with Crippen molar-refractivity contribution in [3.05, 3.63) is 68.7 Å². The highest BCUT2D eigenvalue weighted by Crippen LogP contribution is 2.38. The zero-order chi connectivity index (χ0) is 16.7. The zero-order valence-corrected chi connectivity index (χ0v) is 14.5. The highest BCUT2D eigenvalue weighted by atomic mass is 35.5. The third-order valence-electron chi connectivity index (χ3n) is 3.94. The highest BCUT2D eigenvalue weighted by molar-refractivity contribution is 6.34. The first-order valence-electron chi connectivity index (χ1n) is 7.09. The molecule has 22 heavy (non-hydrogen) atoms. The Morgan fingerprint density at radius 1 is 0.864 bits per heavy atom. The summed E-state index contributed by atoms with van der Waals surface area (Å²) < 4.78 is 29.1. The molecule has 0 heterocycles. The molecule has 2 aromatic carbocycles. The minimum Gasteiger partial charge on any atom is -0.207 e. The van der Waals surface area contributed by atoms with Gasteiger partial charge in [0.15, 0.2) is 0 Å². The maximum atomic E-state index is 14.5. The lowest BCUT2D eigenvalue weighted by molar-refractivity contribution is 0.492. The van der Waals surface area contributed by atoms with Crippen molar-refractivity contribution in [1.82, 2.24) is 0 Å². The van der Waals surface area contributed by atoms with Crippen molar-refractivity contribution in [2.45, 2.75) is 39.0 Å². The molecule has 0 unspecified atom stereocenters. The van der Waals surface area contributed by atoms with E-state index in [2.05, 4.69) is 0 Å². The summed E-state index contributed by atoms with van der Waals surface area (Å²) in [5, 5.41) is 0.880. The van der Waals surface area contributed by atoms with Gasteiger partial charge in [0.2, 0.25) is 0 Å². The predicted octanol–water partition coefficient (Wildman–Crippen LogP) is 6.72. The quantitative estimate of drug-likeness (QED) is 0.580. The first kappa shape index (κ1) is 17.2. The first-order valence-corrected chi connectivity index (χ1v) is 7.84. The fourth-order valence-electron chi connectivity index (χ4n) is 2.58. The van der Waals surface area contributed by atoms with E-state index < -0.39 is 17.0 Å². The molecule has 118 valence electrons. The molecular formula is C18H18Cl2F2. The first-order chi connectivity index (χ1) is 10.1. The maximum Gasteiger partial charge on any atom is 0.130 e. The highest BCUT2D eigenvalue weighted by Gasteiger charge is 2.31. The van der Waals surface area contributed by atoms with E-state index in [4.69, 9.17) is 23.2 Å². The minimum absolute atomic E-state index is 0.0234. The lowest BCUT2D eigenvalue weighted by Crippen LogP contribution is -2.23. The average molecular weight is 343 g/mol. The number of hydrogen-bond acceptors (Lipinski definition) is 0. The number of hydrogen-bond donors (Lipinski definition) is 0. The van der Waals surface area contributed by atoms with Gasteiger partial charge in [0, 0.05) is 21.0 Å². The third-order valence-corrected chi connectivity index (χ3v) is 4.38. The van der Waals surface area contributed by atoms with E-state index in [0.29, 0.717) is 21.2 Å². The average Bonchev–Trinajstić information content (AvgIpc) is 2.36. The van der Waals surface area contributed by atoms with Crippen LogP contribution in [0.4, 0.5) is 8.78 Å². The molecule has 0 aromatic heterocycles. The largest absolute Gasteiger partial charge is 0.207 e. The molecule has 0 radical (unpaired) electrons. The lowest BCUT2D eigenvalue weighted by atomic mass is 9.77. The molecule has 0 aliphatic rings. The van der Waals surface area contributed by atoms with Crippen molar-refractivity contribution >= 4 is 23.2 Å². The van der Waals surface area contributed by atoms with Crippen molar-refractivity contribution in [3.63, 3.8) is 0 Å². The summed E-state index contributed by atoms with van der Waals surface area (Å²) in [5.74, 6) is -1.05. The topological polar surface area (TPSA) is 0 Å². The van der Waals surface area contributed by atoms with Gasteiger partial charge < -0.3 is 0 Å². The third kappa shape index (κ3) is 3.28. The fourth-order valence-corrected chi connectivity index (χ4v) is 3.11. The smallest absolute Gasteiger partial charge is 0.130 e. The Morgan fingerprint density at radius 3 is 1.73 bits per heavy atom. The van der Waals surface area contributed by atoms with Crippen LogP contribution in [0.15, 0.2) is 30.3 Å². The van der Waals surface area contributed by atoms with Crippen molar-refractivity contribution in [3.8, 4) is 0 Å². The molecule has 0 spiro atoms. The Morgan fingerprint density at radius 2 is 1.32 bits per heavy atom. The summed E-state index contributed by atoms with van der Waals surface area (Å²) in [6, 6.07) is 7.76. The van der Waals surface area contributed by atoms with Gasteiger partial charge in [-0.05, 0) is 47.4 Å². The summed E-state index contributed by atoms with van der Waals surface area (Å²) in [4.78, 5) is 0. The van der Waals surface area contributed by atoms with Gasteiger partial charge in [-0.3, -0.25) is 0 Å². The second-order valence-electron chi connectivity index (χ2n) is 6.30. The summed E-state index contributed by atoms with van der Waals surface area (Å²) in [7, 11) is 0. The second-order valence-corrected chi connectivity index (χ2v) is 7.17. The van der Waals surface area contributed by atoms with Gasteiger partial charge in [-0.1, -0.05) is 50.9 Å². The van der Waals surface area contributed by atoms with E-state index in [9.17, 15) is 8.78 Å². The van der Waals surface area contributed by atoms with Crippen LogP contribution in [0.2, 0.25) is 10.0 Å². The van der Waals surface area contributed by atoms with E-state index >= 15 is 0 Å². The molecule has 0 N–H and O–H groups in total. The van der Waals surface area contributed by atoms with E-state index in [0.717, 1.165) is 0 Å². The van der Waals surface area contributed by atoms with Crippen LogP contribution in [0, 0.1) is 11.6 Å². The monoisotopic (exact) mass is 342 g/mol. The van der Waals surface area contributed by atoms with E-state index in [1.54, 1.807) is 32.0 Å². The molecular weight excluding hydrogens is 325 g/mol. The molecule has 0 amide bonds. The molecule has 4 heteroatoms. The van der Waals surface area contributed by atoms with Crippen molar-refractivity contribution < 1.29 is 8.78 Å². The van der Waals surface area contributed by atoms with Gasteiger partial charge in [0.1, 0.15) is 11.6 Å². The number of benzene rings is 2. The standard InChI is InChI=1S/C18H18Cl2F2/c1-10(2)11-5-15(21)17(16(22)6-11)18(3,4)12-7-13(19)9-14(20)8-12/h5-10H,1-4H3. The van der Waals surface area contributed by atoms with Crippen LogP contribution in [0.1, 0.15) is 50.3 Å². The Labute approximate surface area is 140 Å². The molecule has 0 fully saturated rings. The van der Waals surface area contributed by atoms with Gasteiger partial charge >= 0.3 is 0 Å². The van der Waals surface area contributed by atoms with Crippen molar-refractivity contribution in [2.75, 3.05) is 0 Å². The summed E-state index contributed by atoms with van der Waals surface area (Å²) in [6.45, 7) is 7.31. The van der Waals surface area contributed by atoms with Crippen LogP contribution < -0.4 is 0 Å². The fraction of sp³-hybridized carbons (Fsp3) is 0.333. The molecule has 2 aromatic rings. The molecule has 0 bridgehead atoms. The normalized spacial score (nSPS) is 12.0. The molecule has 0 saturated carbocycles. The molecule has 0 nitrogen and oxygen atoms in total. The van der Waals surface area contributed by atoms with Crippen LogP contribution in [0.5, 0.6) is 0 Å². The maximum absolute atomic E-state index is 14.5. The summed E-state index contributed by atoms with van der Waals surface area (Å²) in [5.41, 5.74) is 0.437. The van der Waals surface area contributed by atoms with Gasteiger partial charge in [0.05, 0.1) is 0 Å². The van der Waals surface area contributed by atoms with Crippen LogP contribution in [-0.2, 0) is 5.41 Å². The molecule has 0 atom stereocenters. The number of halogens is 4. The molecule has 0 saturated heterocycles. The lowest BCUT2D eigenvalue weighted by Gasteiger charge is -2.28. The number of rotatable bonds is 3. The summed E-state index contributed by atoms with van der Waals surface area (Å²) >= 11 is 12.0. The SMILES string of the molecule is CC(C)c1cc(F)c(C(C)(C)c2cc(Cl)cc(Cl)c2)c(F)c1. The van der Waals surface area contributed by atoms with Gasteiger partial charge in [0.25, 0.3) is 0 Å². The summed E-state index contributed by atoms with van der Waals surface area (Å²) in [6.07, 6.45) is 0. The van der Waals surface area contributed by atoms with Crippen molar-refractivity contribution in [1.29, 1.82) is 0 Å². The van der Waals surface area contributed by atoms with E-state index in [-0.39, 0.29) is 11.5 Å². The Bertz CT molecular complexity index is 663. The van der Waals surface area contributed by atoms with Gasteiger partial charge in [-0.15, -0.1) is 0 Å². The van der Waals surface area contributed by atoms with Gasteiger partial charge in [-0.25, -0.2) is 8.78 Å². The Hall–Kier alpha value is -1.12. The zero-order valence-electron chi connectivity index (χ0n) is 13.0. The van der Waals surface area contributed by atoms with E-state index in [1.165, 1.54) is 12.1 Å². The van der Waals surface area contributed by atoms with Crippen LogP contribution >= 0.6 is 23.2 Å². The molecule has 2 rings (SSSR count). The van der Waals surface area contributed by atoms with Crippen LogP contribution in [0.25, 0.3) is 0 Å². The molecule has 0 aliphatic heterocycles. The Balaban J connectivity index is 2.63.